The fourth-order valence-corrected chi connectivity index (χ4v) is 2.41. The van der Waals surface area contributed by atoms with Gasteiger partial charge in [0.1, 0.15) is 11.9 Å². The number of hydrogen-bond acceptors (Lipinski definition) is 4. The molecular formula is C15H16FN4O+. The van der Waals surface area contributed by atoms with Crippen molar-refractivity contribution in [2.75, 3.05) is 38.1 Å². The van der Waals surface area contributed by atoms with E-state index in [-0.39, 0.29) is 11.5 Å². The molecule has 0 unspecified atom stereocenters. The van der Waals surface area contributed by atoms with Crippen LogP contribution < -0.4 is 9.80 Å². The molecule has 108 valence electrons. The quantitative estimate of drug-likeness (QED) is 0.883. The van der Waals surface area contributed by atoms with Gasteiger partial charge in [-0.3, -0.25) is 0 Å². The van der Waals surface area contributed by atoms with E-state index in [1.165, 1.54) is 17.0 Å². The summed E-state index contributed by atoms with van der Waals surface area (Å²) in [6.07, 6.45) is 0. The summed E-state index contributed by atoms with van der Waals surface area (Å²) in [5.41, 5.74) is 0.952. The highest BCUT2D eigenvalue weighted by molar-refractivity contribution is 5.59. The van der Waals surface area contributed by atoms with E-state index in [1.807, 2.05) is 4.90 Å². The highest BCUT2D eigenvalue weighted by atomic mass is 19.1. The standard InChI is InChI=1S/C15H15FN4O/c1-19-6-8-20(9-7-19)15-13(10-17)18-14(21-15)11-2-4-12(16)5-3-11/h2-5H,6-9H2,1H3/p+1. The van der Waals surface area contributed by atoms with E-state index < -0.39 is 0 Å². The second-order valence-corrected chi connectivity index (χ2v) is 5.24. The van der Waals surface area contributed by atoms with Crippen molar-refractivity contribution in [3.63, 3.8) is 0 Å². The predicted molar refractivity (Wildman–Crippen MR) is 75.4 cm³/mol. The molecule has 1 aliphatic rings. The van der Waals surface area contributed by atoms with Gasteiger partial charge in [0.25, 0.3) is 0 Å². The number of halogens is 1. The third-order valence-corrected chi connectivity index (χ3v) is 3.71. The van der Waals surface area contributed by atoms with Gasteiger partial charge >= 0.3 is 0 Å². The van der Waals surface area contributed by atoms with Gasteiger partial charge in [0, 0.05) is 5.56 Å². The lowest BCUT2D eigenvalue weighted by molar-refractivity contribution is -0.880. The van der Waals surface area contributed by atoms with Gasteiger partial charge in [-0.1, -0.05) is 0 Å². The third-order valence-electron chi connectivity index (χ3n) is 3.71. The third kappa shape index (κ3) is 2.73. The first-order valence-corrected chi connectivity index (χ1v) is 6.90. The molecule has 0 amide bonds. The van der Waals surface area contributed by atoms with Crippen molar-refractivity contribution in [2.24, 2.45) is 0 Å². The molecule has 21 heavy (non-hydrogen) atoms. The summed E-state index contributed by atoms with van der Waals surface area (Å²) in [5, 5.41) is 9.24. The first-order valence-electron chi connectivity index (χ1n) is 6.90. The molecule has 5 nitrogen and oxygen atoms in total. The van der Waals surface area contributed by atoms with Crippen molar-refractivity contribution in [3.05, 3.63) is 35.8 Å². The van der Waals surface area contributed by atoms with Crippen LogP contribution >= 0.6 is 0 Å². The van der Waals surface area contributed by atoms with Gasteiger partial charge in [0.2, 0.25) is 17.5 Å². The van der Waals surface area contributed by atoms with E-state index in [2.05, 4.69) is 18.1 Å². The van der Waals surface area contributed by atoms with Crippen molar-refractivity contribution in [3.8, 4) is 17.5 Å². The minimum atomic E-state index is -0.312. The fourth-order valence-electron chi connectivity index (χ4n) is 2.41. The molecule has 2 heterocycles. The smallest absolute Gasteiger partial charge is 0.235 e. The predicted octanol–water partition coefficient (Wildman–Crippen LogP) is 0.687. The Bertz CT molecular complexity index is 666. The maximum atomic E-state index is 13.0. The molecule has 0 saturated carbocycles. The molecule has 3 rings (SSSR count). The van der Waals surface area contributed by atoms with Crippen molar-refractivity contribution in [1.82, 2.24) is 4.98 Å². The van der Waals surface area contributed by atoms with Crippen molar-refractivity contribution in [2.45, 2.75) is 0 Å². The van der Waals surface area contributed by atoms with Gasteiger partial charge in [-0.05, 0) is 24.3 Å². The Kier molecular flexibility index (Phi) is 3.59. The zero-order chi connectivity index (χ0) is 14.8. The van der Waals surface area contributed by atoms with Crippen LogP contribution in [0.2, 0.25) is 0 Å². The molecule has 0 aliphatic carbocycles. The number of likely N-dealkylation sites (N-methyl/N-ethyl adjacent to an activating group) is 1. The van der Waals surface area contributed by atoms with Gasteiger partial charge in [-0.15, -0.1) is 0 Å². The van der Waals surface area contributed by atoms with Gasteiger partial charge in [-0.2, -0.15) is 10.2 Å². The van der Waals surface area contributed by atoms with E-state index in [1.54, 1.807) is 12.1 Å². The average molecular weight is 287 g/mol. The number of nitrogens with zero attached hydrogens (tertiary/aromatic N) is 3. The Morgan fingerprint density at radius 2 is 1.95 bits per heavy atom. The molecule has 2 aromatic rings. The van der Waals surface area contributed by atoms with E-state index in [0.717, 1.165) is 26.2 Å². The molecule has 1 fully saturated rings. The van der Waals surface area contributed by atoms with E-state index in [9.17, 15) is 9.65 Å². The minimum absolute atomic E-state index is 0.286. The summed E-state index contributed by atoms with van der Waals surface area (Å²) in [7, 11) is 2.15. The van der Waals surface area contributed by atoms with Gasteiger partial charge < -0.3 is 14.2 Å². The molecular weight excluding hydrogens is 271 g/mol. The maximum Gasteiger partial charge on any atom is 0.235 e. The van der Waals surface area contributed by atoms with E-state index in [0.29, 0.717) is 17.3 Å². The SMILES string of the molecule is C[NH+]1CCN(c2oc(-c3ccc(F)cc3)nc2C#N)CC1. The largest absolute Gasteiger partial charge is 0.419 e. The lowest BCUT2D eigenvalue weighted by atomic mass is 10.2. The van der Waals surface area contributed by atoms with Crippen LogP contribution in [0.4, 0.5) is 10.3 Å². The number of piperazine rings is 1. The van der Waals surface area contributed by atoms with Crippen molar-refractivity contribution < 1.29 is 13.7 Å². The maximum absolute atomic E-state index is 13.0. The van der Waals surface area contributed by atoms with Crippen LogP contribution in [0.1, 0.15) is 5.69 Å². The number of benzene rings is 1. The number of oxazole rings is 1. The van der Waals surface area contributed by atoms with Gasteiger partial charge in [0.05, 0.1) is 33.2 Å². The van der Waals surface area contributed by atoms with Crippen molar-refractivity contribution >= 4 is 5.88 Å². The second-order valence-electron chi connectivity index (χ2n) is 5.24. The molecule has 1 saturated heterocycles. The normalized spacial score (nSPS) is 16.0. The lowest BCUT2D eigenvalue weighted by Gasteiger charge is -2.29. The number of quaternary nitrogens is 1. The van der Waals surface area contributed by atoms with Crippen molar-refractivity contribution in [1.29, 1.82) is 5.26 Å². The number of hydrogen-bond donors (Lipinski definition) is 1. The summed E-state index contributed by atoms with van der Waals surface area (Å²) in [4.78, 5) is 7.73. The van der Waals surface area contributed by atoms with Crippen LogP contribution in [0.25, 0.3) is 11.5 Å². The molecule has 0 bridgehead atoms. The minimum Gasteiger partial charge on any atom is -0.419 e. The van der Waals surface area contributed by atoms with Crippen LogP contribution in [-0.4, -0.2) is 38.2 Å². The molecule has 1 N–H and O–H groups in total. The first kappa shape index (κ1) is 13.6. The lowest BCUT2D eigenvalue weighted by Crippen LogP contribution is -3.12. The number of aromatic nitrogens is 1. The Morgan fingerprint density at radius 3 is 2.57 bits per heavy atom. The highest BCUT2D eigenvalue weighted by Crippen LogP contribution is 2.28. The van der Waals surface area contributed by atoms with E-state index >= 15 is 0 Å². The Labute approximate surface area is 122 Å². The zero-order valence-corrected chi connectivity index (χ0v) is 11.8. The second kappa shape index (κ2) is 5.54. The Balaban J connectivity index is 1.91. The number of nitrogens with one attached hydrogen (secondary N) is 1. The molecule has 1 aliphatic heterocycles. The topological polar surface area (TPSA) is 57.5 Å². The number of rotatable bonds is 2. The summed E-state index contributed by atoms with van der Waals surface area (Å²) in [6, 6.07) is 7.98. The molecule has 1 aromatic carbocycles. The van der Waals surface area contributed by atoms with Crippen LogP contribution in [0, 0.1) is 17.1 Å². The summed E-state index contributed by atoms with van der Waals surface area (Å²) < 4.78 is 18.7. The van der Waals surface area contributed by atoms with E-state index in [4.69, 9.17) is 4.42 Å². The Morgan fingerprint density at radius 1 is 1.29 bits per heavy atom. The molecule has 0 radical (unpaired) electrons. The first-order chi connectivity index (χ1) is 10.2. The molecule has 1 aromatic heterocycles. The number of anilines is 1. The molecule has 6 heteroatoms. The summed E-state index contributed by atoms with van der Waals surface area (Å²) in [5.74, 6) is 0.560. The molecule has 0 atom stereocenters. The van der Waals surface area contributed by atoms with Crippen LogP contribution in [0.3, 0.4) is 0 Å². The molecule has 0 spiro atoms. The highest BCUT2D eigenvalue weighted by Gasteiger charge is 2.24. The summed E-state index contributed by atoms with van der Waals surface area (Å²) in [6.45, 7) is 3.66. The average Bonchev–Trinajstić information content (AvgIpc) is 2.93. The van der Waals surface area contributed by atoms with Crippen LogP contribution in [-0.2, 0) is 0 Å². The van der Waals surface area contributed by atoms with Gasteiger partial charge in [-0.25, -0.2) is 4.39 Å². The van der Waals surface area contributed by atoms with Crippen LogP contribution in [0.15, 0.2) is 28.7 Å². The summed E-state index contributed by atoms with van der Waals surface area (Å²) >= 11 is 0. The Hall–Kier alpha value is -2.39. The number of nitriles is 1. The monoisotopic (exact) mass is 287 g/mol. The fraction of sp³-hybridized carbons (Fsp3) is 0.333. The van der Waals surface area contributed by atoms with Crippen LogP contribution in [0.5, 0.6) is 0 Å². The zero-order valence-electron chi connectivity index (χ0n) is 11.8. The van der Waals surface area contributed by atoms with Gasteiger partial charge in [0.15, 0.2) is 0 Å².